The van der Waals surface area contributed by atoms with E-state index in [2.05, 4.69) is 15.0 Å². The van der Waals surface area contributed by atoms with E-state index in [1.54, 1.807) is 6.20 Å². The predicted octanol–water partition coefficient (Wildman–Crippen LogP) is 2.98. The van der Waals surface area contributed by atoms with Crippen LogP contribution in [0.4, 0.5) is 0 Å². The fourth-order valence-corrected chi connectivity index (χ4v) is 3.02. The van der Waals surface area contributed by atoms with Crippen LogP contribution in [-0.2, 0) is 6.54 Å². The zero-order valence-corrected chi connectivity index (χ0v) is 13.3. The number of piperidine rings is 1. The van der Waals surface area contributed by atoms with Crippen LogP contribution in [-0.4, -0.2) is 34.7 Å². The highest BCUT2D eigenvalue weighted by molar-refractivity contribution is 5.20. The third-order valence-corrected chi connectivity index (χ3v) is 4.27. The molecule has 0 aromatic carbocycles. The summed E-state index contributed by atoms with van der Waals surface area (Å²) in [6.45, 7) is 7.83. The van der Waals surface area contributed by atoms with Crippen molar-refractivity contribution in [3.05, 3.63) is 41.4 Å². The molecule has 22 heavy (non-hydrogen) atoms. The van der Waals surface area contributed by atoms with Crippen LogP contribution < -0.4 is 4.74 Å². The third kappa shape index (κ3) is 3.65. The summed E-state index contributed by atoms with van der Waals surface area (Å²) in [5, 5.41) is 4.04. The highest BCUT2D eigenvalue weighted by Crippen LogP contribution is 2.22. The maximum absolute atomic E-state index is 5.81. The molecule has 118 valence electrons. The van der Waals surface area contributed by atoms with Crippen molar-refractivity contribution in [3.8, 4) is 5.88 Å². The Kier molecular flexibility index (Phi) is 4.73. The molecular formula is C17H23N3O2. The first-order valence-corrected chi connectivity index (χ1v) is 7.90. The van der Waals surface area contributed by atoms with Gasteiger partial charge in [0.1, 0.15) is 5.76 Å². The summed E-state index contributed by atoms with van der Waals surface area (Å²) < 4.78 is 11.1. The molecule has 2 aromatic rings. The molecule has 0 spiro atoms. The van der Waals surface area contributed by atoms with Gasteiger partial charge in [-0.1, -0.05) is 11.2 Å². The summed E-state index contributed by atoms with van der Waals surface area (Å²) in [5.74, 6) is 2.20. The van der Waals surface area contributed by atoms with Crippen LogP contribution in [0.1, 0.15) is 29.9 Å². The lowest BCUT2D eigenvalue weighted by Crippen LogP contribution is -2.37. The van der Waals surface area contributed by atoms with Crippen molar-refractivity contribution in [3.63, 3.8) is 0 Å². The maximum Gasteiger partial charge on any atom is 0.213 e. The summed E-state index contributed by atoms with van der Waals surface area (Å²) >= 11 is 0. The van der Waals surface area contributed by atoms with Gasteiger partial charge in [-0.2, -0.15) is 0 Å². The number of hydrogen-bond donors (Lipinski definition) is 0. The quantitative estimate of drug-likeness (QED) is 0.850. The van der Waals surface area contributed by atoms with E-state index in [0.29, 0.717) is 11.8 Å². The van der Waals surface area contributed by atoms with Gasteiger partial charge in [0.05, 0.1) is 12.3 Å². The Balaban J connectivity index is 1.53. The summed E-state index contributed by atoms with van der Waals surface area (Å²) in [6.07, 6.45) is 4.19. The lowest BCUT2D eigenvalue weighted by molar-refractivity contribution is 0.122. The van der Waals surface area contributed by atoms with Gasteiger partial charge in [0, 0.05) is 36.8 Å². The van der Waals surface area contributed by atoms with Crippen molar-refractivity contribution >= 4 is 0 Å². The summed E-state index contributed by atoms with van der Waals surface area (Å²) in [6, 6.07) is 5.76. The minimum Gasteiger partial charge on any atom is -0.477 e. The average molecular weight is 301 g/mol. The van der Waals surface area contributed by atoms with Gasteiger partial charge in [0.25, 0.3) is 0 Å². The number of nitrogens with zero attached hydrogens (tertiary/aromatic N) is 3. The maximum atomic E-state index is 5.81. The Hall–Kier alpha value is -1.88. The van der Waals surface area contributed by atoms with Crippen molar-refractivity contribution in [2.45, 2.75) is 33.2 Å². The van der Waals surface area contributed by atoms with E-state index in [1.807, 2.05) is 32.0 Å². The van der Waals surface area contributed by atoms with Crippen LogP contribution in [0.25, 0.3) is 0 Å². The Morgan fingerprint density at radius 1 is 1.36 bits per heavy atom. The molecule has 3 heterocycles. The topological polar surface area (TPSA) is 51.4 Å². The van der Waals surface area contributed by atoms with Crippen molar-refractivity contribution in [1.29, 1.82) is 0 Å². The first-order valence-electron chi connectivity index (χ1n) is 7.90. The second-order valence-electron chi connectivity index (χ2n) is 6.03. The van der Waals surface area contributed by atoms with Gasteiger partial charge in [-0.15, -0.1) is 0 Å². The van der Waals surface area contributed by atoms with Crippen LogP contribution in [0.2, 0.25) is 0 Å². The molecule has 1 fully saturated rings. The molecule has 3 rings (SSSR count). The molecule has 0 N–H and O–H groups in total. The molecular weight excluding hydrogens is 278 g/mol. The van der Waals surface area contributed by atoms with Gasteiger partial charge in [-0.25, -0.2) is 4.98 Å². The molecule has 0 saturated carbocycles. The highest BCUT2D eigenvalue weighted by Gasteiger charge is 2.22. The Bertz CT molecular complexity index is 578. The lowest BCUT2D eigenvalue weighted by atomic mass is 9.98. The van der Waals surface area contributed by atoms with Gasteiger partial charge in [0.15, 0.2) is 0 Å². The van der Waals surface area contributed by atoms with Crippen molar-refractivity contribution in [2.24, 2.45) is 5.92 Å². The van der Waals surface area contributed by atoms with Gasteiger partial charge >= 0.3 is 0 Å². The summed E-state index contributed by atoms with van der Waals surface area (Å²) in [5.41, 5.74) is 2.23. The number of aromatic nitrogens is 2. The van der Waals surface area contributed by atoms with E-state index in [1.165, 1.54) is 18.4 Å². The smallest absolute Gasteiger partial charge is 0.213 e. The largest absolute Gasteiger partial charge is 0.477 e. The molecule has 5 heteroatoms. The summed E-state index contributed by atoms with van der Waals surface area (Å²) in [7, 11) is 0. The number of hydrogen-bond acceptors (Lipinski definition) is 5. The molecule has 1 unspecified atom stereocenters. The fourth-order valence-electron chi connectivity index (χ4n) is 3.02. The number of ether oxygens (including phenoxy) is 1. The van der Waals surface area contributed by atoms with Gasteiger partial charge in [0.2, 0.25) is 5.88 Å². The molecule has 1 aliphatic rings. The molecule has 0 bridgehead atoms. The molecule has 0 radical (unpaired) electrons. The van der Waals surface area contributed by atoms with E-state index in [0.717, 1.165) is 37.7 Å². The van der Waals surface area contributed by atoms with Crippen molar-refractivity contribution in [1.82, 2.24) is 15.0 Å². The van der Waals surface area contributed by atoms with Gasteiger partial charge < -0.3 is 9.26 Å². The Labute approximate surface area is 131 Å². The van der Waals surface area contributed by atoms with E-state index in [4.69, 9.17) is 9.26 Å². The van der Waals surface area contributed by atoms with E-state index < -0.39 is 0 Å². The predicted molar refractivity (Wildman–Crippen MR) is 83.7 cm³/mol. The van der Waals surface area contributed by atoms with E-state index >= 15 is 0 Å². The molecule has 5 nitrogen and oxygen atoms in total. The van der Waals surface area contributed by atoms with E-state index in [-0.39, 0.29) is 0 Å². The number of pyridine rings is 1. The molecule has 1 atom stereocenters. The Morgan fingerprint density at radius 2 is 2.27 bits per heavy atom. The van der Waals surface area contributed by atoms with Crippen LogP contribution in [0.5, 0.6) is 5.88 Å². The standard InChI is InChI=1S/C17H23N3O2/c1-13-16(14(2)22-19-13)11-20-9-5-6-15(10-20)12-21-17-7-3-4-8-18-17/h3-4,7-8,15H,5-6,9-12H2,1-2H3. The van der Waals surface area contributed by atoms with Crippen LogP contribution in [0, 0.1) is 19.8 Å². The highest BCUT2D eigenvalue weighted by atomic mass is 16.5. The number of likely N-dealkylation sites (tertiary alicyclic amines) is 1. The minimum absolute atomic E-state index is 0.552. The van der Waals surface area contributed by atoms with Crippen molar-refractivity contribution in [2.75, 3.05) is 19.7 Å². The van der Waals surface area contributed by atoms with Crippen molar-refractivity contribution < 1.29 is 9.26 Å². The SMILES string of the molecule is Cc1noc(C)c1CN1CCCC(COc2ccccn2)C1. The second kappa shape index (κ2) is 6.92. The molecule has 0 aliphatic carbocycles. The van der Waals surface area contributed by atoms with Crippen LogP contribution in [0.3, 0.4) is 0 Å². The second-order valence-corrected chi connectivity index (χ2v) is 6.03. The van der Waals surface area contributed by atoms with Gasteiger partial charge in [-0.3, -0.25) is 4.90 Å². The third-order valence-electron chi connectivity index (χ3n) is 4.27. The first kappa shape index (κ1) is 15.0. The average Bonchev–Trinajstić information content (AvgIpc) is 2.86. The first-order chi connectivity index (χ1) is 10.7. The molecule has 2 aromatic heterocycles. The van der Waals surface area contributed by atoms with Crippen LogP contribution >= 0.6 is 0 Å². The van der Waals surface area contributed by atoms with E-state index in [9.17, 15) is 0 Å². The lowest BCUT2D eigenvalue weighted by Gasteiger charge is -2.32. The number of rotatable bonds is 5. The van der Waals surface area contributed by atoms with Gasteiger partial charge in [-0.05, 0) is 39.3 Å². The monoisotopic (exact) mass is 301 g/mol. The fraction of sp³-hybridized carbons (Fsp3) is 0.529. The molecule has 1 saturated heterocycles. The molecule has 0 amide bonds. The normalized spacial score (nSPS) is 19.3. The number of aryl methyl sites for hydroxylation is 2. The Morgan fingerprint density at radius 3 is 3.00 bits per heavy atom. The summed E-state index contributed by atoms with van der Waals surface area (Å²) in [4.78, 5) is 6.68. The minimum atomic E-state index is 0.552. The van der Waals surface area contributed by atoms with Crippen LogP contribution in [0.15, 0.2) is 28.9 Å². The zero-order valence-electron chi connectivity index (χ0n) is 13.3. The zero-order chi connectivity index (χ0) is 15.4. The molecule has 1 aliphatic heterocycles.